The Morgan fingerprint density at radius 1 is 1.27 bits per heavy atom. The molecule has 1 heteroatoms. The highest BCUT2D eigenvalue weighted by Crippen LogP contribution is 2.17. The van der Waals surface area contributed by atoms with Gasteiger partial charge < -0.3 is 4.90 Å². The van der Waals surface area contributed by atoms with Gasteiger partial charge in [-0.2, -0.15) is 0 Å². The Kier molecular flexibility index (Phi) is 4.69. The molecule has 1 aromatic rings. The number of hydrogen-bond donors (Lipinski definition) is 0. The molecule has 0 atom stereocenters. The van der Waals surface area contributed by atoms with Gasteiger partial charge in [0.05, 0.1) is 0 Å². The SMILES string of the molecule is C/C=C(\C=C/CC)N(C)c1ccccc1. The molecule has 1 nitrogen and oxygen atoms in total. The van der Waals surface area contributed by atoms with Crippen molar-refractivity contribution < 1.29 is 0 Å². The van der Waals surface area contributed by atoms with Gasteiger partial charge in [0.2, 0.25) is 0 Å². The van der Waals surface area contributed by atoms with Crippen molar-refractivity contribution in [3.8, 4) is 0 Å². The van der Waals surface area contributed by atoms with Crippen molar-refractivity contribution in [1.82, 2.24) is 0 Å². The maximum atomic E-state index is 2.19. The van der Waals surface area contributed by atoms with Crippen molar-refractivity contribution in [3.63, 3.8) is 0 Å². The zero-order valence-corrected chi connectivity index (χ0v) is 9.77. The predicted molar refractivity (Wildman–Crippen MR) is 68.0 cm³/mol. The van der Waals surface area contributed by atoms with Gasteiger partial charge in [0.25, 0.3) is 0 Å². The van der Waals surface area contributed by atoms with Gasteiger partial charge in [-0.15, -0.1) is 0 Å². The van der Waals surface area contributed by atoms with Crippen LogP contribution in [-0.4, -0.2) is 7.05 Å². The number of likely N-dealkylation sites (N-methyl/N-ethyl adjacent to an activating group) is 1. The summed E-state index contributed by atoms with van der Waals surface area (Å²) in [6.45, 7) is 4.21. The Morgan fingerprint density at radius 3 is 2.47 bits per heavy atom. The van der Waals surface area contributed by atoms with Crippen LogP contribution in [0.5, 0.6) is 0 Å². The first-order chi connectivity index (χ1) is 7.29. The molecule has 0 aliphatic heterocycles. The highest BCUT2D eigenvalue weighted by molar-refractivity contribution is 5.53. The van der Waals surface area contributed by atoms with Crippen molar-refractivity contribution >= 4 is 5.69 Å². The third-order valence-corrected chi connectivity index (χ3v) is 2.35. The number of hydrogen-bond acceptors (Lipinski definition) is 1. The molecule has 0 bridgehead atoms. The van der Waals surface area contributed by atoms with Gasteiger partial charge >= 0.3 is 0 Å². The van der Waals surface area contributed by atoms with E-state index in [1.165, 1.54) is 11.4 Å². The second kappa shape index (κ2) is 6.07. The second-order valence-electron chi connectivity index (χ2n) is 3.42. The lowest BCUT2D eigenvalue weighted by atomic mass is 10.2. The van der Waals surface area contributed by atoms with Crippen molar-refractivity contribution in [2.24, 2.45) is 0 Å². The number of allylic oxidation sites excluding steroid dienone is 3. The van der Waals surface area contributed by atoms with Gasteiger partial charge in [0, 0.05) is 18.4 Å². The maximum absolute atomic E-state index is 2.19. The fourth-order valence-corrected chi connectivity index (χ4v) is 1.44. The molecule has 15 heavy (non-hydrogen) atoms. The fourth-order valence-electron chi connectivity index (χ4n) is 1.44. The molecular formula is C14H19N. The highest BCUT2D eigenvalue weighted by Gasteiger charge is 2.01. The summed E-state index contributed by atoms with van der Waals surface area (Å²) in [6, 6.07) is 10.4. The summed E-state index contributed by atoms with van der Waals surface area (Å²) >= 11 is 0. The third kappa shape index (κ3) is 3.28. The fraction of sp³-hybridized carbons (Fsp3) is 0.286. The van der Waals surface area contributed by atoms with Gasteiger partial charge in [0.15, 0.2) is 0 Å². The van der Waals surface area contributed by atoms with Crippen molar-refractivity contribution in [1.29, 1.82) is 0 Å². The van der Waals surface area contributed by atoms with Crippen LogP contribution in [0.3, 0.4) is 0 Å². The molecule has 80 valence electrons. The summed E-state index contributed by atoms with van der Waals surface area (Å²) in [5.74, 6) is 0. The van der Waals surface area contributed by atoms with Crippen LogP contribution in [0.4, 0.5) is 5.69 Å². The smallest absolute Gasteiger partial charge is 0.0407 e. The van der Waals surface area contributed by atoms with Gasteiger partial charge in [0.1, 0.15) is 0 Å². The first-order valence-electron chi connectivity index (χ1n) is 5.41. The van der Waals surface area contributed by atoms with Crippen LogP contribution in [0.2, 0.25) is 0 Å². The lowest BCUT2D eigenvalue weighted by Crippen LogP contribution is -2.14. The Labute approximate surface area is 92.7 Å². The Balaban J connectivity index is 2.83. The van der Waals surface area contributed by atoms with E-state index in [1.807, 2.05) is 6.07 Å². The lowest BCUT2D eigenvalue weighted by molar-refractivity contribution is 1.12. The zero-order valence-electron chi connectivity index (χ0n) is 9.77. The Hall–Kier alpha value is -1.50. The number of benzene rings is 1. The number of rotatable bonds is 4. The Bertz CT molecular complexity index is 336. The number of nitrogens with zero attached hydrogens (tertiary/aromatic N) is 1. The first kappa shape index (κ1) is 11.6. The predicted octanol–water partition coefficient (Wildman–Crippen LogP) is 3.99. The molecule has 0 aliphatic rings. The van der Waals surface area contributed by atoms with Gasteiger partial charge in [-0.05, 0) is 31.6 Å². The monoisotopic (exact) mass is 201 g/mol. The molecular weight excluding hydrogens is 182 g/mol. The second-order valence-corrected chi connectivity index (χ2v) is 3.42. The van der Waals surface area contributed by atoms with Crippen LogP contribution in [0.1, 0.15) is 20.3 Å². The number of anilines is 1. The minimum Gasteiger partial charge on any atom is -0.345 e. The van der Waals surface area contributed by atoms with E-state index < -0.39 is 0 Å². The van der Waals surface area contributed by atoms with Gasteiger partial charge in [-0.1, -0.05) is 37.3 Å². The van der Waals surface area contributed by atoms with Crippen LogP contribution >= 0.6 is 0 Å². The summed E-state index contributed by atoms with van der Waals surface area (Å²) in [5.41, 5.74) is 2.44. The molecule has 1 aromatic carbocycles. The summed E-state index contributed by atoms with van der Waals surface area (Å²) in [7, 11) is 2.09. The molecule has 0 radical (unpaired) electrons. The van der Waals surface area contributed by atoms with Crippen molar-refractivity contribution in [2.45, 2.75) is 20.3 Å². The van der Waals surface area contributed by atoms with Gasteiger partial charge in [-0.3, -0.25) is 0 Å². The molecule has 0 fully saturated rings. The molecule has 0 saturated carbocycles. The van der Waals surface area contributed by atoms with Gasteiger partial charge in [-0.25, -0.2) is 0 Å². The standard InChI is InChI=1S/C14H19N/c1-4-6-10-13(5-2)15(3)14-11-8-7-9-12-14/h5-12H,4H2,1-3H3/b10-6-,13-5+. The molecule has 0 unspecified atom stereocenters. The number of para-hydroxylation sites is 1. The summed E-state index contributed by atoms with van der Waals surface area (Å²) in [5, 5.41) is 0. The third-order valence-electron chi connectivity index (χ3n) is 2.35. The molecule has 0 heterocycles. The highest BCUT2D eigenvalue weighted by atomic mass is 15.1. The van der Waals surface area contributed by atoms with Crippen LogP contribution in [-0.2, 0) is 0 Å². The average Bonchev–Trinajstić information content (AvgIpc) is 2.31. The first-order valence-corrected chi connectivity index (χ1v) is 5.41. The van der Waals surface area contributed by atoms with E-state index in [-0.39, 0.29) is 0 Å². The summed E-state index contributed by atoms with van der Waals surface area (Å²) in [6.07, 6.45) is 7.53. The van der Waals surface area contributed by atoms with Crippen LogP contribution in [0.25, 0.3) is 0 Å². The molecule has 0 saturated heterocycles. The van der Waals surface area contributed by atoms with Crippen LogP contribution in [0.15, 0.2) is 54.3 Å². The molecule has 0 spiro atoms. The van der Waals surface area contributed by atoms with E-state index in [0.29, 0.717) is 0 Å². The molecule has 1 rings (SSSR count). The summed E-state index contributed by atoms with van der Waals surface area (Å²) < 4.78 is 0. The molecule has 0 amide bonds. The van der Waals surface area contributed by atoms with Crippen molar-refractivity contribution in [3.05, 3.63) is 54.3 Å². The lowest BCUT2D eigenvalue weighted by Gasteiger charge is -2.20. The molecule has 0 N–H and O–H groups in total. The van der Waals surface area contributed by atoms with E-state index in [2.05, 4.69) is 68.3 Å². The average molecular weight is 201 g/mol. The topological polar surface area (TPSA) is 3.24 Å². The molecule has 0 aliphatic carbocycles. The van der Waals surface area contributed by atoms with Crippen LogP contribution in [0, 0.1) is 0 Å². The van der Waals surface area contributed by atoms with E-state index in [0.717, 1.165) is 6.42 Å². The summed E-state index contributed by atoms with van der Waals surface area (Å²) in [4.78, 5) is 2.19. The minimum atomic E-state index is 1.07. The maximum Gasteiger partial charge on any atom is 0.0407 e. The Morgan fingerprint density at radius 2 is 1.93 bits per heavy atom. The quantitative estimate of drug-likeness (QED) is 0.666. The van der Waals surface area contributed by atoms with Crippen molar-refractivity contribution in [2.75, 3.05) is 11.9 Å². The zero-order chi connectivity index (χ0) is 11.1. The van der Waals surface area contributed by atoms with E-state index in [9.17, 15) is 0 Å². The minimum absolute atomic E-state index is 1.07. The normalized spacial score (nSPS) is 12.1. The van der Waals surface area contributed by atoms with Crippen LogP contribution < -0.4 is 4.90 Å². The molecule has 0 aromatic heterocycles. The van der Waals surface area contributed by atoms with E-state index >= 15 is 0 Å². The van der Waals surface area contributed by atoms with E-state index in [1.54, 1.807) is 0 Å². The largest absolute Gasteiger partial charge is 0.345 e. The van der Waals surface area contributed by atoms with E-state index in [4.69, 9.17) is 0 Å².